The summed E-state index contributed by atoms with van der Waals surface area (Å²) in [5.74, 6) is 3.47. The van der Waals surface area contributed by atoms with Gasteiger partial charge in [0.15, 0.2) is 0 Å². The Bertz CT molecular complexity index is 917. The van der Waals surface area contributed by atoms with Crippen LogP contribution in [0, 0.1) is 0 Å². The monoisotopic (exact) mass is 734 g/mol. The molecule has 0 atom stereocenters. The number of rotatable bonds is 10. The fraction of sp³-hybridized carbons (Fsp3) is 0.538. The summed E-state index contributed by atoms with van der Waals surface area (Å²) >= 11 is 1.18. The van der Waals surface area contributed by atoms with E-state index >= 15 is 0 Å². The topological polar surface area (TPSA) is 18.5 Å². The molecule has 0 saturated heterocycles. The third kappa shape index (κ3) is 5.78. The summed E-state index contributed by atoms with van der Waals surface area (Å²) in [6.07, 6.45) is 4.61. The van der Waals surface area contributed by atoms with Gasteiger partial charge in [-0.2, -0.15) is 0 Å². The number of hydrogen-bond acceptors (Lipinski definition) is 4. The van der Waals surface area contributed by atoms with E-state index in [2.05, 4.69) is 83.8 Å². The fourth-order valence-corrected chi connectivity index (χ4v) is 75.6. The van der Waals surface area contributed by atoms with Gasteiger partial charge in [0.25, 0.3) is 0 Å². The van der Waals surface area contributed by atoms with Crippen molar-refractivity contribution in [3.05, 3.63) is 35.4 Å². The van der Waals surface area contributed by atoms with Gasteiger partial charge in [-0.25, -0.2) is 0 Å². The Balaban J connectivity index is 1.68. The molecule has 0 saturated carbocycles. The molecule has 33 heavy (non-hydrogen) atoms. The van der Waals surface area contributed by atoms with Crippen LogP contribution in [0.3, 0.4) is 0 Å². The van der Waals surface area contributed by atoms with E-state index < -0.39 is 11.0 Å². The summed E-state index contributed by atoms with van der Waals surface area (Å²) in [5.41, 5.74) is 3.14. The molecule has 2 nitrogen and oxygen atoms in total. The van der Waals surface area contributed by atoms with Gasteiger partial charge < -0.3 is 0 Å². The number of ether oxygens (including phenoxy) is 2. The molecular formula is C26H36O2S2Se2Te. The van der Waals surface area contributed by atoms with Crippen molar-refractivity contribution in [3.63, 3.8) is 0 Å². The zero-order valence-corrected chi connectivity index (χ0v) is 28.0. The Labute approximate surface area is 217 Å². The van der Waals surface area contributed by atoms with Crippen LogP contribution < -0.4 is 18.4 Å². The van der Waals surface area contributed by atoms with Gasteiger partial charge >= 0.3 is 220 Å². The molecule has 2 aliphatic heterocycles. The first-order valence-electron chi connectivity index (χ1n) is 12.1. The molecule has 182 valence electrons. The average molecular weight is 730 g/mol. The van der Waals surface area contributed by atoms with E-state index in [1.165, 1.54) is 22.6 Å². The van der Waals surface area contributed by atoms with E-state index in [1.807, 2.05) is 0 Å². The first-order valence-corrected chi connectivity index (χ1v) is 32.3. The van der Waals surface area contributed by atoms with Crippen LogP contribution in [-0.4, -0.2) is 47.7 Å². The molecule has 0 radical (unpaired) electrons. The van der Waals surface area contributed by atoms with E-state index in [0.29, 0.717) is 35.4 Å². The second-order valence-electron chi connectivity index (χ2n) is 9.08. The van der Waals surface area contributed by atoms with Gasteiger partial charge in [-0.15, -0.1) is 0 Å². The second kappa shape index (κ2) is 11.7. The van der Waals surface area contributed by atoms with Crippen LogP contribution in [0.25, 0.3) is 0 Å². The third-order valence-electron chi connectivity index (χ3n) is 5.71. The Morgan fingerprint density at radius 2 is 1.15 bits per heavy atom. The fourth-order valence-electron chi connectivity index (χ4n) is 3.75. The van der Waals surface area contributed by atoms with E-state index in [1.54, 1.807) is 20.1 Å². The van der Waals surface area contributed by atoms with Gasteiger partial charge in [0.2, 0.25) is 0 Å². The van der Waals surface area contributed by atoms with Crippen molar-refractivity contribution >= 4 is 61.4 Å². The summed E-state index contributed by atoms with van der Waals surface area (Å²) in [7, 11) is 2.35. The van der Waals surface area contributed by atoms with Crippen molar-refractivity contribution in [1.29, 1.82) is 0 Å². The molecule has 0 fully saturated rings. The Morgan fingerprint density at radius 3 is 1.52 bits per heavy atom. The van der Waals surface area contributed by atoms with Crippen molar-refractivity contribution in [1.82, 2.24) is 0 Å². The zero-order valence-electron chi connectivity index (χ0n) is 20.6. The minimum absolute atomic E-state index is 0.573. The average Bonchev–Trinajstić information content (AvgIpc) is 3.33. The molecule has 0 unspecified atom stereocenters. The van der Waals surface area contributed by atoms with Gasteiger partial charge in [-0.1, -0.05) is 0 Å². The summed E-state index contributed by atoms with van der Waals surface area (Å²) < 4.78 is 16.1. The van der Waals surface area contributed by atoms with Crippen molar-refractivity contribution in [3.8, 4) is 11.5 Å². The maximum absolute atomic E-state index is 6.35. The van der Waals surface area contributed by atoms with Gasteiger partial charge in [-0.3, -0.25) is 0 Å². The number of benzene rings is 2. The first-order chi connectivity index (χ1) is 15.9. The van der Waals surface area contributed by atoms with Crippen LogP contribution in [0.5, 0.6) is 11.5 Å². The first kappa shape index (κ1) is 26.6. The van der Waals surface area contributed by atoms with Crippen molar-refractivity contribution < 1.29 is 9.47 Å². The van der Waals surface area contributed by atoms with E-state index in [0.717, 1.165) is 37.6 Å². The maximum atomic E-state index is 6.35. The minimum atomic E-state index is -2.26. The summed E-state index contributed by atoms with van der Waals surface area (Å²) in [6, 6.07) is 9.28. The van der Waals surface area contributed by atoms with E-state index in [-0.39, 0.29) is 0 Å². The summed E-state index contributed by atoms with van der Waals surface area (Å²) in [5, 5.41) is 0. The van der Waals surface area contributed by atoms with E-state index in [9.17, 15) is 0 Å². The predicted octanol–water partition coefficient (Wildman–Crippen LogP) is 6.30. The van der Waals surface area contributed by atoms with Crippen molar-refractivity contribution in [2.45, 2.75) is 88.9 Å². The molecule has 0 bridgehead atoms. The molecule has 2 aromatic carbocycles. The second-order valence-corrected chi connectivity index (χ2v) is 64.9. The molecule has 0 aromatic heterocycles. The Kier molecular flexibility index (Phi) is 9.48. The predicted molar refractivity (Wildman–Crippen MR) is 150 cm³/mol. The standard InChI is InChI=1S/C26H36O2S2Se2Te/c1-7-9-15-27-21-13-11-19(17(3)4)25-23(21)29-33(31-25)30-24-22(28-16-10-8-2)14-12-20(18(5)6)26(24)32-33/h11-14,17-18H,7-10,15-16H2,1-6H3. The summed E-state index contributed by atoms with van der Waals surface area (Å²) in [6.45, 7) is 15.6. The zero-order chi connectivity index (χ0) is 23.6. The molecular weight excluding hydrogens is 694 g/mol. The molecule has 0 N–H and O–H groups in total. The van der Waals surface area contributed by atoms with Crippen LogP contribution in [0.4, 0.5) is 0 Å². The molecule has 0 amide bonds. The van der Waals surface area contributed by atoms with Crippen molar-refractivity contribution in [2.75, 3.05) is 13.2 Å². The number of fused-ring (bicyclic) bond motifs is 2. The van der Waals surface area contributed by atoms with Crippen LogP contribution in [0.15, 0.2) is 34.1 Å². The molecule has 2 aromatic rings. The number of hydrogen-bond donors (Lipinski definition) is 0. The van der Waals surface area contributed by atoms with Gasteiger partial charge in [0.05, 0.1) is 0 Å². The molecule has 0 aliphatic carbocycles. The van der Waals surface area contributed by atoms with Crippen molar-refractivity contribution in [2.24, 2.45) is 0 Å². The van der Waals surface area contributed by atoms with Gasteiger partial charge in [0.1, 0.15) is 0 Å². The Morgan fingerprint density at radius 1 is 0.727 bits per heavy atom. The SMILES string of the molecule is CCCCOc1ccc(C(C)C)c2c1S[Te]1(Sc3c(OCCCC)ccc(C(C)C)c3[Se]1)[Se]2. The molecule has 4 rings (SSSR count). The summed E-state index contributed by atoms with van der Waals surface area (Å²) in [4.78, 5) is 3.03. The molecule has 2 aliphatic rings. The van der Waals surface area contributed by atoms with Gasteiger partial charge in [-0.05, 0) is 0 Å². The quantitative estimate of drug-likeness (QED) is 0.211. The third-order valence-corrected chi connectivity index (χ3v) is 62.3. The normalized spacial score (nSPS) is 17.0. The molecule has 1 spiro atoms. The van der Waals surface area contributed by atoms with Crippen LogP contribution >= 0.6 is 18.0 Å². The van der Waals surface area contributed by atoms with Crippen LogP contribution in [0.1, 0.15) is 90.2 Å². The molecule has 2 heterocycles. The molecule has 7 heteroatoms. The number of unbranched alkanes of at least 4 members (excludes halogenated alkanes) is 2. The van der Waals surface area contributed by atoms with Gasteiger partial charge in [0, 0.05) is 0 Å². The van der Waals surface area contributed by atoms with Crippen LogP contribution in [0.2, 0.25) is 0 Å². The van der Waals surface area contributed by atoms with E-state index in [4.69, 9.17) is 9.47 Å². The Hall–Kier alpha value is 0.569. The van der Waals surface area contributed by atoms with Crippen LogP contribution in [-0.2, 0) is 0 Å².